The van der Waals surface area contributed by atoms with Gasteiger partial charge in [-0.3, -0.25) is 10.1 Å². The van der Waals surface area contributed by atoms with Gasteiger partial charge in [0.15, 0.2) is 0 Å². The Morgan fingerprint density at radius 1 is 0.923 bits per heavy atom. The molecule has 3 rings (SSSR count). The van der Waals surface area contributed by atoms with Gasteiger partial charge in [-0.15, -0.1) is 0 Å². The Balaban J connectivity index is 1.66. The normalized spacial score (nSPS) is 15.5. The molecule has 1 aliphatic rings. The van der Waals surface area contributed by atoms with Gasteiger partial charge in [0.25, 0.3) is 5.69 Å². The molecule has 0 aliphatic heterocycles. The van der Waals surface area contributed by atoms with Crippen molar-refractivity contribution in [2.75, 3.05) is 0 Å². The molecule has 0 unspecified atom stereocenters. The van der Waals surface area contributed by atoms with Crippen molar-refractivity contribution in [3.63, 3.8) is 0 Å². The zero-order chi connectivity index (χ0) is 18.6. The average molecular weight is 376 g/mol. The molecule has 0 spiro atoms. The molecule has 26 heavy (non-hydrogen) atoms. The molecule has 1 saturated carbocycles. The minimum absolute atomic E-state index is 0.00443. The Morgan fingerprint density at radius 3 is 2.00 bits per heavy atom. The van der Waals surface area contributed by atoms with Crippen LogP contribution in [0.3, 0.4) is 0 Å². The van der Waals surface area contributed by atoms with E-state index < -0.39 is 14.9 Å². The number of hydrogen-bond acceptors (Lipinski definition) is 5. The van der Waals surface area contributed by atoms with E-state index in [9.17, 15) is 18.5 Å². The molecular weight excluding hydrogens is 356 g/mol. The fourth-order valence-corrected chi connectivity index (χ4v) is 4.27. The molecule has 0 amide bonds. The van der Waals surface area contributed by atoms with Gasteiger partial charge < -0.3 is 4.74 Å². The Bertz CT molecular complexity index is 857. The van der Waals surface area contributed by atoms with Gasteiger partial charge in [0.1, 0.15) is 11.5 Å². The van der Waals surface area contributed by atoms with Crippen LogP contribution in [0.1, 0.15) is 32.1 Å². The Hall–Kier alpha value is -2.45. The maximum absolute atomic E-state index is 12.5. The maximum atomic E-state index is 12.5. The van der Waals surface area contributed by atoms with Crippen molar-refractivity contribution < 1.29 is 18.1 Å². The number of nitrogens with one attached hydrogen (secondary N) is 1. The van der Waals surface area contributed by atoms with Crippen LogP contribution in [-0.4, -0.2) is 19.4 Å². The van der Waals surface area contributed by atoms with Gasteiger partial charge in [-0.2, -0.15) is 0 Å². The van der Waals surface area contributed by atoms with Gasteiger partial charge in [0, 0.05) is 18.2 Å². The standard InChI is InChI=1S/C18H20N2O5S/c21-20(22)15-6-8-16(9-7-15)25-17-10-12-18(13-11-17)26(23,24)19-14-4-2-1-3-5-14/h6-14,19H,1-5H2. The number of benzene rings is 2. The molecule has 8 heteroatoms. The molecule has 0 atom stereocenters. The molecule has 0 saturated heterocycles. The topological polar surface area (TPSA) is 98.5 Å². The van der Waals surface area contributed by atoms with Gasteiger partial charge in [0.05, 0.1) is 9.82 Å². The summed E-state index contributed by atoms with van der Waals surface area (Å²) in [6, 6.07) is 11.8. The van der Waals surface area contributed by atoms with Crippen LogP contribution in [-0.2, 0) is 10.0 Å². The smallest absolute Gasteiger partial charge is 0.269 e. The van der Waals surface area contributed by atoms with Crippen LogP contribution >= 0.6 is 0 Å². The summed E-state index contributed by atoms with van der Waals surface area (Å²) >= 11 is 0. The van der Waals surface area contributed by atoms with Crippen LogP contribution in [0.4, 0.5) is 5.69 Å². The predicted octanol–water partition coefficient (Wildman–Crippen LogP) is 4.00. The first-order chi connectivity index (χ1) is 12.4. The van der Waals surface area contributed by atoms with Crippen LogP contribution in [0.5, 0.6) is 11.5 Å². The van der Waals surface area contributed by atoms with Crippen molar-refractivity contribution in [1.29, 1.82) is 0 Å². The summed E-state index contributed by atoms with van der Waals surface area (Å²) in [5.74, 6) is 0.891. The summed E-state index contributed by atoms with van der Waals surface area (Å²) in [7, 11) is -3.55. The van der Waals surface area contributed by atoms with Crippen molar-refractivity contribution in [2.45, 2.75) is 43.0 Å². The lowest BCUT2D eigenvalue weighted by atomic mass is 9.96. The quantitative estimate of drug-likeness (QED) is 0.607. The molecule has 138 valence electrons. The maximum Gasteiger partial charge on any atom is 0.269 e. The van der Waals surface area contributed by atoms with E-state index in [4.69, 9.17) is 4.74 Å². The first-order valence-corrected chi connectivity index (χ1v) is 9.97. The number of hydrogen-bond donors (Lipinski definition) is 1. The minimum Gasteiger partial charge on any atom is -0.457 e. The molecule has 1 N–H and O–H groups in total. The molecule has 1 fully saturated rings. The lowest BCUT2D eigenvalue weighted by Gasteiger charge is -2.22. The van der Waals surface area contributed by atoms with Crippen molar-refractivity contribution in [1.82, 2.24) is 4.72 Å². The fraction of sp³-hybridized carbons (Fsp3) is 0.333. The average Bonchev–Trinajstić information content (AvgIpc) is 2.63. The van der Waals surface area contributed by atoms with E-state index in [-0.39, 0.29) is 16.6 Å². The molecule has 0 aromatic heterocycles. The SMILES string of the molecule is O=[N+]([O-])c1ccc(Oc2ccc(S(=O)(=O)NC3CCCCC3)cc2)cc1. The van der Waals surface area contributed by atoms with E-state index in [0.717, 1.165) is 32.1 Å². The van der Waals surface area contributed by atoms with E-state index >= 15 is 0 Å². The molecule has 1 aliphatic carbocycles. The van der Waals surface area contributed by atoms with Crippen molar-refractivity contribution in [3.8, 4) is 11.5 Å². The zero-order valence-electron chi connectivity index (χ0n) is 14.1. The highest BCUT2D eigenvalue weighted by Crippen LogP contribution is 2.25. The van der Waals surface area contributed by atoms with E-state index in [1.165, 1.54) is 36.4 Å². The molecule has 2 aromatic carbocycles. The van der Waals surface area contributed by atoms with Gasteiger partial charge >= 0.3 is 0 Å². The van der Waals surface area contributed by atoms with E-state index in [2.05, 4.69) is 4.72 Å². The van der Waals surface area contributed by atoms with E-state index in [1.807, 2.05) is 0 Å². The summed E-state index contributed by atoms with van der Waals surface area (Å²) in [6.07, 6.45) is 5.01. The van der Waals surface area contributed by atoms with Crippen LogP contribution in [0.25, 0.3) is 0 Å². The summed E-state index contributed by atoms with van der Waals surface area (Å²) in [5, 5.41) is 10.6. The van der Waals surface area contributed by atoms with Crippen molar-refractivity contribution >= 4 is 15.7 Å². The number of nitrogens with zero attached hydrogens (tertiary/aromatic N) is 1. The third-order valence-electron chi connectivity index (χ3n) is 4.34. The second kappa shape index (κ2) is 7.84. The molecule has 0 radical (unpaired) electrons. The van der Waals surface area contributed by atoms with Crippen molar-refractivity contribution in [2.24, 2.45) is 0 Å². The Kier molecular flexibility index (Phi) is 5.53. The van der Waals surface area contributed by atoms with E-state index in [1.54, 1.807) is 12.1 Å². The second-order valence-corrected chi connectivity index (χ2v) is 7.99. The number of non-ortho nitro benzene ring substituents is 1. The van der Waals surface area contributed by atoms with Crippen LogP contribution in [0, 0.1) is 10.1 Å². The highest BCUT2D eigenvalue weighted by Gasteiger charge is 2.21. The van der Waals surface area contributed by atoms with Crippen LogP contribution < -0.4 is 9.46 Å². The predicted molar refractivity (Wildman–Crippen MR) is 96.8 cm³/mol. The van der Waals surface area contributed by atoms with Gasteiger partial charge in [-0.05, 0) is 49.2 Å². The molecular formula is C18H20N2O5S. The highest BCUT2D eigenvalue weighted by atomic mass is 32.2. The lowest BCUT2D eigenvalue weighted by Crippen LogP contribution is -2.36. The fourth-order valence-electron chi connectivity index (χ4n) is 2.97. The third kappa shape index (κ3) is 4.59. The Morgan fingerprint density at radius 2 is 1.46 bits per heavy atom. The number of ether oxygens (including phenoxy) is 1. The molecule has 2 aromatic rings. The van der Waals surface area contributed by atoms with Crippen LogP contribution in [0.15, 0.2) is 53.4 Å². The molecule has 7 nitrogen and oxygen atoms in total. The first-order valence-electron chi connectivity index (χ1n) is 8.49. The van der Waals surface area contributed by atoms with Crippen LogP contribution in [0.2, 0.25) is 0 Å². The number of rotatable bonds is 6. The summed E-state index contributed by atoms with van der Waals surface area (Å²) in [5.41, 5.74) is -0.0208. The number of nitro benzene ring substituents is 1. The minimum atomic E-state index is -3.55. The summed E-state index contributed by atoms with van der Waals surface area (Å²) < 4.78 is 33.3. The largest absolute Gasteiger partial charge is 0.457 e. The first kappa shape index (κ1) is 18.3. The Labute approximate surface area is 152 Å². The number of nitro groups is 1. The van der Waals surface area contributed by atoms with Gasteiger partial charge in [0.2, 0.25) is 10.0 Å². The van der Waals surface area contributed by atoms with E-state index in [0.29, 0.717) is 11.5 Å². The lowest BCUT2D eigenvalue weighted by molar-refractivity contribution is -0.384. The molecule has 0 heterocycles. The zero-order valence-corrected chi connectivity index (χ0v) is 14.9. The summed E-state index contributed by atoms with van der Waals surface area (Å²) in [4.78, 5) is 10.4. The third-order valence-corrected chi connectivity index (χ3v) is 5.88. The van der Waals surface area contributed by atoms with Gasteiger partial charge in [-0.25, -0.2) is 13.1 Å². The molecule has 0 bridgehead atoms. The summed E-state index contributed by atoms with van der Waals surface area (Å²) in [6.45, 7) is 0. The second-order valence-electron chi connectivity index (χ2n) is 6.28. The highest BCUT2D eigenvalue weighted by molar-refractivity contribution is 7.89. The monoisotopic (exact) mass is 376 g/mol. The number of sulfonamides is 1. The van der Waals surface area contributed by atoms with Gasteiger partial charge in [-0.1, -0.05) is 19.3 Å². The van der Waals surface area contributed by atoms with Crippen molar-refractivity contribution in [3.05, 3.63) is 58.6 Å².